The fourth-order valence-corrected chi connectivity index (χ4v) is 6.22. The van der Waals surface area contributed by atoms with Gasteiger partial charge in [0, 0.05) is 16.7 Å². The van der Waals surface area contributed by atoms with Gasteiger partial charge in [0.2, 0.25) is 11.7 Å². The summed E-state index contributed by atoms with van der Waals surface area (Å²) in [5.41, 5.74) is 1.35. The first kappa shape index (κ1) is 25.8. The Labute approximate surface area is 222 Å². The molecule has 1 aromatic carbocycles. The van der Waals surface area contributed by atoms with Crippen LogP contribution in [0.5, 0.6) is 0 Å². The number of aromatic nitrogens is 4. The van der Waals surface area contributed by atoms with E-state index in [9.17, 15) is 22.8 Å². The maximum absolute atomic E-state index is 14.0. The van der Waals surface area contributed by atoms with Crippen LogP contribution in [-0.2, 0) is 27.7 Å². The maximum atomic E-state index is 14.0. The van der Waals surface area contributed by atoms with Crippen LogP contribution >= 0.6 is 0 Å². The van der Waals surface area contributed by atoms with E-state index in [4.69, 9.17) is 9.72 Å². The normalized spacial score (nSPS) is 20.7. The summed E-state index contributed by atoms with van der Waals surface area (Å²) in [6.45, 7) is 4.42. The number of hydrogen-bond donors (Lipinski definition) is 2. The van der Waals surface area contributed by atoms with Gasteiger partial charge in [0.25, 0.3) is 5.56 Å². The molecule has 0 radical (unpaired) electrons. The Morgan fingerprint density at radius 1 is 1.23 bits per heavy atom. The standard InChI is InChI=1S/C27H29F3N6O3/c1-16-14-26(8-10-31-11-9-26)21-22(16)33-25-35(23(34-36(25)24(21)38)17-6-12-39-13-7-17)15-20(37)32-19-4-2-18(3-5-19)27(28,29)30/h2-6,16,31H,7-15H2,1H3,(H,32,37)/t16-/m1/s1. The largest absolute Gasteiger partial charge is 0.416 e. The van der Waals surface area contributed by atoms with Crippen molar-refractivity contribution in [3.8, 4) is 0 Å². The molecule has 4 heterocycles. The molecule has 1 atom stereocenters. The van der Waals surface area contributed by atoms with Crippen LogP contribution < -0.4 is 16.2 Å². The first-order chi connectivity index (χ1) is 18.7. The molecular weight excluding hydrogens is 513 g/mol. The number of rotatable bonds is 4. The average Bonchev–Trinajstić information content (AvgIpc) is 3.40. The van der Waals surface area contributed by atoms with Gasteiger partial charge >= 0.3 is 6.18 Å². The monoisotopic (exact) mass is 542 g/mol. The molecule has 6 rings (SSSR count). The molecular formula is C27H29F3N6O3. The van der Waals surface area contributed by atoms with E-state index in [0.29, 0.717) is 25.5 Å². The number of fused-ring (bicyclic) bond motifs is 3. The number of alkyl halides is 3. The lowest BCUT2D eigenvalue weighted by molar-refractivity contribution is -0.137. The summed E-state index contributed by atoms with van der Waals surface area (Å²) in [7, 11) is 0. The summed E-state index contributed by atoms with van der Waals surface area (Å²) in [5.74, 6) is 0.356. The molecule has 0 unspecified atom stereocenters. The Kier molecular flexibility index (Phi) is 6.34. The highest BCUT2D eigenvalue weighted by molar-refractivity contribution is 5.91. The molecule has 39 heavy (non-hydrogen) atoms. The summed E-state index contributed by atoms with van der Waals surface area (Å²) >= 11 is 0. The lowest BCUT2D eigenvalue weighted by Gasteiger charge is -2.34. The zero-order chi connectivity index (χ0) is 27.4. The molecule has 0 saturated carbocycles. The minimum absolute atomic E-state index is 0.0888. The van der Waals surface area contributed by atoms with E-state index in [-0.39, 0.29) is 34.9 Å². The van der Waals surface area contributed by atoms with Gasteiger partial charge in [-0.05, 0) is 74.5 Å². The molecule has 3 aliphatic rings. The van der Waals surface area contributed by atoms with Crippen LogP contribution in [0.1, 0.15) is 61.2 Å². The summed E-state index contributed by atoms with van der Waals surface area (Å²) in [4.78, 5) is 32.0. The second kappa shape index (κ2) is 9.60. The third kappa shape index (κ3) is 4.55. The van der Waals surface area contributed by atoms with E-state index in [1.54, 1.807) is 4.57 Å². The van der Waals surface area contributed by atoms with E-state index in [1.165, 1.54) is 16.6 Å². The van der Waals surface area contributed by atoms with Crippen molar-refractivity contribution in [1.29, 1.82) is 0 Å². The summed E-state index contributed by atoms with van der Waals surface area (Å²) < 4.78 is 47.2. The van der Waals surface area contributed by atoms with Crippen molar-refractivity contribution < 1.29 is 22.7 Å². The zero-order valence-electron chi connectivity index (χ0n) is 21.5. The second-order valence-corrected chi connectivity index (χ2v) is 10.6. The smallest absolute Gasteiger partial charge is 0.377 e. The van der Waals surface area contributed by atoms with Gasteiger partial charge in [-0.3, -0.25) is 14.2 Å². The number of anilines is 1. The van der Waals surface area contributed by atoms with Crippen molar-refractivity contribution >= 4 is 22.9 Å². The van der Waals surface area contributed by atoms with Crippen LogP contribution in [0.25, 0.3) is 11.4 Å². The minimum Gasteiger partial charge on any atom is -0.377 e. The van der Waals surface area contributed by atoms with Crippen LogP contribution in [0, 0.1) is 0 Å². The molecule has 1 fully saturated rings. The quantitative estimate of drug-likeness (QED) is 0.524. The first-order valence-corrected chi connectivity index (χ1v) is 13.2. The van der Waals surface area contributed by atoms with Crippen molar-refractivity contribution in [2.75, 3.05) is 31.6 Å². The van der Waals surface area contributed by atoms with E-state index in [2.05, 4.69) is 22.7 Å². The van der Waals surface area contributed by atoms with Gasteiger partial charge in [-0.15, -0.1) is 5.10 Å². The highest BCUT2D eigenvalue weighted by Gasteiger charge is 2.47. The molecule has 1 spiro atoms. The molecule has 3 aromatic rings. The number of nitrogens with one attached hydrogen (secondary N) is 2. The summed E-state index contributed by atoms with van der Waals surface area (Å²) in [6.07, 6.45) is 0.545. The summed E-state index contributed by atoms with van der Waals surface area (Å²) in [6, 6.07) is 4.26. The van der Waals surface area contributed by atoms with Crippen LogP contribution in [0.15, 0.2) is 35.1 Å². The highest BCUT2D eigenvalue weighted by atomic mass is 19.4. The Morgan fingerprint density at radius 2 is 1.97 bits per heavy atom. The van der Waals surface area contributed by atoms with Gasteiger partial charge < -0.3 is 15.4 Å². The van der Waals surface area contributed by atoms with Gasteiger partial charge in [0.1, 0.15) is 6.54 Å². The SMILES string of the molecule is C[C@@H]1CC2(CCNCC2)c2c1nc1n(CC(=O)Nc3ccc(C(F)(F)F)cc3)c(C3=CCOCC3)nn1c2=O. The van der Waals surface area contributed by atoms with Crippen molar-refractivity contribution in [3.05, 3.63) is 63.3 Å². The van der Waals surface area contributed by atoms with E-state index >= 15 is 0 Å². The van der Waals surface area contributed by atoms with Gasteiger partial charge in [-0.1, -0.05) is 13.0 Å². The van der Waals surface area contributed by atoms with E-state index in [1.807, 2.05) is 6.08 Å². The number of ether oxygens (including phenoxy) is 1. The van der Waals surface area contributed by atoms with Crippen LogP contribution in [-0.4, -0.2) is 51.4 Å². The van der Waals surface area contributed by atoms with Gasteiger partial charge in [0.15, 0.2) is 5.82 Å². The fraction of sp³-hybridized carbons (Fsp3) is 0.481. The molecule has 9 nitrogen and oxygen atoms in total. The van der Waals surface area contributed by atoms with Crippen molar-refractivity contribution in [2.45, 2.75) is 56.7 Å². The Bertz CT molecular complexity index is 1520. The van der Waals surface area contributed by atoms with Crippen LogP contribution in [0.2, 0.25) is 0 Å². The molecule has 2 aliphatic heterocycles. The maximum Gasteiger partial charge on any atom is 0.416 e. The number of amides is 1. The van der Waals surface area contributed by atoms with Crippen molar-refractivity contribution in [2.24, 2.45) is 0 Å². The van der Waals surface area contributed by atoms with Gasteiger partial charge in [-0.25, -0.2) is 4.98 Å². The molecule has 1 saturated heterocycles. The molecule has 1 amide bonds. The molecule has 1 aliphatic carbocycles. The first-order valence-electron chi connectivity index (χ1n) is 13.2. The Hall–Kier alpha value is -3.51. The number of halogens is 3. The van der Waals surface area contributed by atoms with Gasteiger partial charge in [0.05, 0.1) is 24.5 Å². The number of carbonyl (C=O) groups is 1. The highest BCUT2D eigenvalue weighted by Crippen LogP contribution is 2.48. The topological polar surface area (TPSA) is 103 Å². The average molecular weight is 543 g/mol. The van der Waals surface area contributed by atoms with E-state index in [0.717, 1.165) is 61.3 Å². The Morgan fingerprint density at radius 3 is 2.64 bits per heavy atom. The van der Waals surface area contributed by atoms with Gasteiger partial charge in [-0.2, -0.15) is 17.7 Å². The molecule has 12 heteroatoms. The number of nitrogens with zero attached hydrogens (tertiary/aromatic N) is 4. The molecule has 206 valence electrons. The number of hydrogen-bond acceptors (Lipinski definition) is 6. The Balaban J connectivity index is 1.40. The van der Waals surface area contributed by atoms with Crippen LogP contribution in [0.4, 0.5) is 18.9 Å². The predicted octanol–water partition coefficient (Wildman–Crippen LogP) is 3.48. The number of carbonyl (C=O) groups excluding carboxylic acids is 1. The molecule has 2 N–H and O–H groups in total. The summed E-state index contributed by atoms with van der Waals surface area (Å²) in [5, 5.41) is 10.7. The third-order valence-corrected chi connectivity index (χ3v) is 8.07. The number of benzene rings is 1. The number of piperidine rings is 1. The molecule has 0 bridgehead atoms. The lowest BCUT2D eigenvalue weighted by Crippen LogP contribution is -2.42. The fourth-order valence-electron chi connectivity index (χ4n) is 6.22. The van der Waals surface area contributed by atoms with Crippen molar-refractivity contribution in [1.82, 2.24) is 24.5 Å². The minimum atomic E-state index is -4.46. The third-order valence-electron chi connectivity index (χ3n) is 8.07. The zero-order valence-corrected chi connectivity index (χ0v) is 21.5. The lowest BCUT2D eigenvalue weighted by atomic mass is 9.74. The second-order valence-electron chi connectivity index (χ2n) is 10.6. The van der Waals surface area contributed by atoms with Crippen LogP contribution in [0.3, 0.4) is 0 Å². The van der Waals surface area contributed by atoms with Crippen molar-refractivity contribution in [3.63, 3.8) is 0 Å². The predicted molar refractivity (Wildman–Crippen MR) is 138 cm³/mol. The van der Waals surface area contributed by atoms with E-state index < -0.39 is 17.6 Å². The molecule has 2 aromatic heterocycles.